The van der Waals surface area contributed by atoms with E-state index in [1.807, 2.05) is 18.2 Å². The minimum absolute atomic E-state index is 1.01. The Morgan fingerprint density at radius 1 is 1.30 bits per heavy atom. The highest BCUT2D eigenvalue weighted by Crippen LogP contribution is 2.09. The fraction of sp³-hybridized carbons (Fsp3) is 0. The van der Waals surface area contributed by atoms with Gasteiger partial charge in [-0.3, -0.25) is 0 Å². The van der Waals surface area contributed by atoms with Crippen molar-refractivity contribution in [3.05, 3.63) is 48.6 Å². The van der Waals surface area contributed by atoms with E-state index in [0.29, 0.717) is 0 Å². The van der Waals surface area contributed by atoms with E-state index in [4.69, 9.17) is 0 Å². The smallest absolute Gasteiger partial charge is 0.00994 e. The molecule has 1 aromatic carbocycles. The molecule has 49 valence electrons. The summed E-state index contributed by atoms with van der Waals surface area (Å²) in [5.74, 6) is 0. The van der Waals surface area contributed by atoms with Crippen LogP contribution < -0.4 is 0 Å². The van der Waals surface area contributed by atoms with Crippen LogP contribution in [0.3, 0.4) is 0 Å². The van der Waals surface area contributed by atoms with Crippen molar-refractivity contribution in [2.24, 2.45) is 0 Å². The maximum absolute atomic E-state index is 3.67. The second kappa shape index (κ2) is 3.02. The van der Waals surface area contributed by atoms with Crippen molar-refractivity contribution >= 4 is 12.2 Å². The van der Waals surface area contributed by atoms with E-state index in [1.54, 1.807) is 12.2 Å². The molecular formula is C10H9. The maximum Gasteiger partial charge on any atom is -0.00994 e. The Kier molecular flexibility index (Phi) is 2.06. The molecule has 0 saturated carbocycles. The second-order valence-electron chi connectivity index (χ2n) is 1.95. The van der Waals surface area contributed by atoms with Crippen molar-refractivity contribution in [1.29, 1.82) is 0 Å². The Hall–Kier alpha value is -1.30. The van der Waals surface area contributed by atoms with Crippen LogP contribution in [0.1, 0.15) is 11.1 Å². The summed E-state index contributed by atoms with van der Waals surface area (Å²) in [6.45, 7) is 7.33. The van der Waals surface area contributed by atoms with E-state index in [0.717, 1.165) is 11.1 Å². The highest BCUT2D eigenvalue weighted by Gasteiger charge is 1.90. The normalized spacial score (nSPS) is 8.80. The third kappa shape index (κ3) is 1.16. The van der Waals surface area contributed by atoms with Gasteiger partial charge in [0.2, 0.25) is 0 Å². The molecule has 0 atom stereocenters. The standard InChI is InChI=1S/C10H9/c1-3-9-7-5-6-8-10(9)4-2/h3-7H,1-2H2. The van der Waals surface area contributed by atoms with Crippen molar-refractivity contribution in [3.8, 4) is 0 Å². The third-order valence-corrected chi connectivity index (χ3v) is 1.35. The van der Waals surface area contributed by atoms with Crippen LogP contribution in [-0.2, 0) is 0 Å². The minimum Gasteiger partial charge on any atom is -0.0984 e. The topological polar surface area (TPSA) is 0 Å². The van der Waals surface area contributed by atoms with Gasteiger partial charge in [0.15, 0.2) is 0 Å². The Labute approximate surface area is 61.5 Å². The third-order valence-electron chi connectivity index (χ3n) is 1.35. The predicted octanol–water partition coefficient (Wildman–Crippen LogP) is 2.77. The van der Waals surface area contributed by atoms with Gasteiger partial charge in [0.1, 0.15) is 0 Å². The quantitative estimate of drug-likeness (QED) is 0.576. The molecule has 0 bridgehead atoms. The molecule has 0 aliphatic carbocycles. The van der Waals surface area contributed by atoms with Gasteiger partial charge in [0.05, 0.1) is 0 Å². The van der Waals surface area contributed by atoms with E-state index >= 15 is 0 Å². The van der Waals surface area contributed by atoms with Crippen molar-refractivity contribution in [1.82, 2.24) is 0 Å². The first-order valence-corrected chi connectivity index (χ1v) is 3.14. The average Bonchev–Trinajstić information content (AvgIpc) is 2.04. The molecule has 0 fully saturated rings. The summed E-state index contributed by atoms with van der Waals surface area (Å²) < 4.78 is 0. The number of hydrogen-bond donors (Lipinski definition) is 0. The fourth-order valence-electron chi connectivity index (χ4n) is 0.818. The van der Waals surface area contributed by atoms with E-state index in [1.165, 1.54) is 0 Å². The summed E-state index contributed by atoms with van der Waals surface area (Å²) in [4.78, 5) is 0. The first-order chi connectivity index (χ1) is 4.88. The minimum atomic E-state index is 1.01. The zero-order chi connectivity index (χ0) is 7.40. The lowest BCUT2D eigenvalue weighted by atomic mass is 10.1. The summed E-state index contributed by atoms with van der Waals surface area (Å²) in [6.07, 6.45) is 3.57. The Bertz CT molecular complexity index is 219. The van der Waals surface area contributed by atoms with Crippen LogP contribution in [0, 0.1) is 6.07 Å². The molecule has 0 heteroatoms. The van der Waals surface area contributed by atoms with Gasteiger partial charge in [0.25, 0.3) is 0 Å². The van der Waals surface area contributed by atoms with Crippen molar-refractivity contribution in [3.63, 3.8) is 0 Å². The molecule has 0 aromatic heterocycles. The lowest BCUT2D eigenvalue weighted by molar-refractivity contribution is 1.60. The van der Waals surface area contributed by atoms with Gasteiger partial charge in [-0.15, -0.1) is 0 Å². The lowest BCUT2D eigenvalue weighted by Crippen LogP contribution is -1.76. The molecule has 0 saturated heterocycles. The zero-order valence-corrected chi connectivity index (χ0v) is 5.80. The molecule has 1 aromatic rings. The summed E-state index contributed by atoms with van der Waals surface area (Å²) in [5.41, 5.74) is 2.09. The summed E-state index contributed by atoms with van der Waals surface area (Å²) in [7, 11) is 0. The van der Waals surface area contributed by atoms with Crippen LogP contribution in [0.5, 0.6) is 0 Å². The summed E-state index contributed by atoms with van der Waals surface area (Å²) >= 11 is 0. The average molecular weight is 129 g/mol. The highest BCUT2D eigenvalue weighted by atomic mass is 13.9. The highest BCUT2D eigenvalue weighted by molar-refractivity contribution is 5.62. The molecule has 10 heavy (non-hydrogen) atoms. The second-order valence-corrected chi connectivity index (χ2v) is 1.95. The fourth-order valence-corrected chi connectivity index (χ4v) is 0.818. The lowest BCUT2D eigenvalue weighted by Gasteiger charge is -1.95. The monoisotopic (exact) mass is 129 g/mol. The first kappa shape index (κ1) is 6.81. The van der Waals surface area contributed by atoms with Crippen LogP contribution in [0.15, 0.2) is 31.4 Å². The first-order valence-electron chi connectivity index (χ1n) is 3.14. The Morgan fingerprint density at radius 2 is 2.10 bits per heavy atom. The van der Waals surface area contributed by atoms with Crippen LogP contribution in [0.4, 0.5) is 0 Å². The van der Waals surface area contributed by atoms with E-state index in [2.05, 4.69) is 19.2 Å². The molecule has 0 nitrogen and oxygen atoms in total. The molecule has 0 aliphatic heterocycles. The molecule has 0 amide bonds. The molecule has 0 heterocycles. The van der Waals surface area contributed by atoms with Gasteiger partial charge in [-0.2, -0.15) is 0 Å². The number of hydrogen-bond acceptors (Lipinski definition) is 0. The zero-order valence-electron chi connectivity index (χ0n) is 5.80. The van der Waals surface area contributed by atoms with Crippen molar-refractivity contribution in [2.45, 2.75) is 0 Å². The van der Waals surface area contributed by atoms with Crippen LogP contribution in [0.2, 0.25) is 0 Å². The van der Waals surface area contributed by atoms with Gasteiger partial charge in [-0.1, -0.05) is 43.5 Å². The van der Waals surface area contributed by atoms with Gasteiger partial charge in [-0.25, -0.2) is 0 Å². The molecule has 0 unspecified atom stereocenters. The largest absolute Gasteiger partial charge is 0.0984 e. The Balaban J connectivity index is 3.20. The molecule has 0 spiro atoms. The molecular weight excluding hydrogens is 120 g/mol. The van der Waals surface area contributed by atoms with Crippen LogP contribution >= 0.6 is 0 Å². The van der Waals surface area contributed by atoms with Gasteiger partial charge < -0.3 is 0 Å². The molecule has 1 rings (SSSR count). The number of rotatable bonds is 2. The SMILES string of the molecule is C=Cc1[c]cccc1C=C. The van der Waals surface area contributed by atoms with E-state index < -0.39 is 0 Å². The number of benzene rings is 1. The molecule has 0 N–H and O–H groups in total. The predicted molar refractivity (Wildman–Crippen MR) is 45.5 cm³/mol. The van der Waals surface area contributed by atoms with Gasteiger partial charge in [-0.05, 0) is 17.2 Å². The van der Waals surface area contributed by atoms with Gasteiger partial charge >= 0.3 is 0 Å². The summed E-state index contributed by atoms with van der Waals surface area (Å²) in [5, 5.41) is 0. The van der Waals surface area contributed by atoms with Gasteiger partial charge in [0, 0.05) is 0 Å². The summed E-state index contributed by atoms with van der Waals surface area (Å²) in [6, 6.07) is 8.83. The Morgan fingerprint density at radius 3 is 2.60 bits per heavy atom. The molecule has 0 aliphatic rings. The van der Waals surface area contributed by atoms with E-state index in [9.17, 15) is 0 Å². The maximum atomic E-state index is 3.67. The van der Waals surface area contributed by atoms with Crippen LogP contribution in [-0.4, -0.2) is 0 Å². The van der Waals surface area contributed by atoms with Crippen molar-refractivity contribution in [2.75, 3.05) is 0 Å². The molecule has 1 radical (unpaired) electrons. The van der Waals surface area contributed by atoms with Crippen LogP contribution in [0.25, 0.3) is 12.2 Å². The van der Waals surface area contributed by atoms with E-state index in [-0.39, 0.29) is 0 Å². The van der Waals surface area contributed by atoms with Crippen molar-refractivity contribution < 1.29 is 0 Å².